The number of piperazine rings is 1. The number of nitrogens with one attached hydrogen (secondary N) is 2. The number of aromatic nitrogens is 3. The fourth-order valence-electron chi connectivity index (χ4n) is 4.12. The summed E-state index contributed by atoms with van der Waals surface area (Å²) in [6, 6.07) is 2.17. The van der Waals surface area contributed by atoms with Crippen LogP contribution < -0.4 is 15.5 Å². The molecule has 0 bridgehead atoms. The van der Waals surface area contributed by atoms with E-state index in [1.54, 1.807) is 4.68 Å². The van der Waals surface area contributed by atoms with Crippen LogP contribution in [0.15, 0.2) is 30.2 Å². The molecule has 2 aromatic rings. The Balaban J connectivity index is 0.000000350. The van der Waals surface area contributed by atoms with Gasteiger partial charge in [-0.15, -0.1) is 0 Å². The number of hydrogen-bond acceptors (Lipinski definition) is 5. The summed E-state index contributed by atoms with van der Waals surface area (Å²) >= 11 is 0. The lowest BCUT2D eigenvalue weighted by molar-refractivity contribution is -0.120. The van der Waals surface area contributed by atoms with E-state index in [1.807, 2.05) is 59.3 Å². The quantitative estimate of drug-likeness (QED) is 0.439. The van der Waals surface area contributed by atoms with E-state index in [4.69, 9.17) is 0 Å². The first-order valence-electron chi connectivity index (χ1n) is 14.0. The third-order valence-electron chi connectivity index (χ3n) is 5.79. The van der Waals surface area contributed by atoms with Gasteiger partial charge < -0.3 is 15.5 Å². The second kappa shape index (κ2) is 18.3. The van der Waals surface area contributed by atoms with Crippen molar-refractivity contribution in [2.75, 3.05) is 31.1 Å². The molecule has 7 nitrogen and oxygen atoms in total. The number of anilines is 1. The summed E-state index contributed by atoms with van der Waals surface area (Å²) in [5.41, 5.74) is 6.81. The van der Waals surface area contributed by atoms with Crippen molar-refractivity contribution in [2.24, 2.45) is 7.05 Å². The topological polar surface area (TPSA) is 75.1 Å². The third-order valence-corrected chi connectivity index (χ3v) is 5.79. The Morgan fingerprint density at radius 3 is 2.49 bits per heavy atom. The van der Waals surface area contributed by atoms with Gasteiger partial charge in [0.15, 0.2) is 0 Å². The fraction of sp³-hybridized carbons (Fsp3) is 0.567. The zero-order chi connectivity index (χ0) is 27.6. The van der Waals surface area contributed by atoms with Crippen molar-refractivity contribution < 1.29 is 4.79 Å². The summed E-state index contributed by atoms with van der Waals surface area (Å²) in [7, 11) is 1.89. The standard InChI is InChI=1S/C15H23N3O.C13H21N3.C2H6/c1-5-7-9-14-13(11-18(4)17-14)10-12(3)16-15(19)8-6-2;1-3-4-12-11(2)15-6-5-13(12)16-9-7-14-8-10-16;1-2/h7,9-11H,5-6,8H2,1-4H3,(H,16,19);5-6,14H,3-4,7-10H2,1-2H3;1-2H3/b9-7+,12-10+;;. The van der Waals surface area contributed by atoms with Crippen LogP contribution in [0, 0.1) is 6.92 Å². The SMILES string of the molecule is CC.CC/C=C/c1nn(C)cc1/C=C(\C)NC(=O)CCC.CCCc1c(N2CCNCC2)ccnc1C. The summed E-state index contributed by atoms with van der Waals surface area (Å²) in [4.78, 5) is 18.4. The summed E-state index contributed by atoms with van der Waals surface area (Å²) in [6.45, 7) is 18.7. The van der Waals surface area contributed by atoms with Crippen LogP contribution in [-0.2, 0) is 18.3 Å². The lowest BCUT2D eigenvalue weighted by Crippen LogP contribution is -2.44. The number of hydrogen-bond donors (Lipinski definition) is 2. The molecule has 0 aliphatic carbocycles. The largest absolute Gasteiger partial charge is 0.369 e. The van der Waals surface area contributed by atoms with Gasteiger partial charge in [0.25, 0.3) is 0 Å². The van der Waals surface area contributed by atoms with Crippen molar-refractivity contribution in [1.82, 2.24) is 25.4 Å². The van der Waals surface area contributed by atoms with Gasteiger partial charge in [0.1, 0.15) is 0 Å². The molecule has 1 aliphatic rings. The summed E-state index contributed by atoms with van der Waals surface area (Å²) in [5.74, 6) is 0.0609. The Kier molecular flexibility index (Phi) is 15.9. The van der Waals surface area contributed by atoms with E-state index in [2.05, 4.69) is 58.5 Å². The van der Waals surface area contributed by atoms with Crippen LogP contribution in [-0.4, -0.2) is 46.9 Å². The van der Waals surface area contributed by atoms with Gasteiger partial charge in [-0.2, -0.15) is 5.10 Å². The number of allylic oxidation sites excluding steroid dienone is 2. The van der Waals surface area contributed by atoms with Crippen LogP contribution in [0.5, 0.6) is 0 Å². The van der Waals surface area contributed by atoms with Crippen LogP contribution >= 0.6 is 0 Å². The first kappa shape index (κ1) is 32.1. The Bertz CT molecular complexity index is 986. The predicted molar refractivity (Wildman–Crippen MR) is 159 cm³/mol. The van der Waals surface area contributed by atoms with E-state index in [0.717, 1.165) is 62.4 Å². The highest BCUT2D eigenvalue weighted by atomic mass is 16.1. The third kappa shape index (κ3) is 11.3. The molecule has 37 heavy (non-hydrogen) atoms. The maximum absolute atomic E-state index is 11.5. The Morgan fingerprint density at radius 1 is 1.16 bits per heavy atom. The van der Waals surface area contributed by atoms with E-state index in [-0.39, 0.29) is 5.91 Å². The molecule has 1 saturated heterocycles. The van der Waals surface area contributed by atoms with Gasteiger partial charge in [-0.1, -0.05) is 47.1 Å². The first-order chi connectivity index (χ1) is 17.9. The Hall–Kier alpha value is -2.93. The van der Waals surface area contributed by atoms with Gasteiger partial charge in [-0.25, -0.2) is 0 Å². The molecule has 2 aromatic heterocycles. The minimum atomic E-state index is 0.0609. The maximum atomic E-state index is 11.5. The summed E-state index contributed by atoms with van der Waals surface area (Å²) in [6.07, 6.45) is 14.6. The molecule has 2 N–H and O–H groups in total. The van der Waals surface area contributed by atoms with E-state index in [1.165, 1.54) is 23.4 Å². The molecule has 1 amide bonds. The normalized spacial score (nSPS) is 13.5. The van der Waals surface area contributed by atoms with E-state index >= 15 is 0 Å². The molecular formula is C30H50N6O. The minimum Gasteiger partial charge on any atom is -0.369 e. The molecule has 7 heteroatoms. The Labute approximate surface area is 225 Å². The number of pyridine rings is 1. The Morgan fingerprint density at radius 2 is 1.86 bits per heavy atom. The molecule has 0 spiro atoms. The van der Waals surface area contributed by atoms with Crippen LogP contribution in [0.3, 0.4) is 0 Å². The molecule has 206 valence electrons. The average molecular weight is 511 g/mol. The molecule has 1 aliphatic heterocycles. The zero-order valence-electron chi connectivity index (χ0n) is 24.5. The second-order valence-corrected chi connectivity index (χ2v) is 8.96. The van der Waals surface area contributed by atoms with Gasteiger partial charge in [-0.05, 0) is 56.9 Å². The molecule has 0 unspecified atom stereocenters. The van der Waals surface area contributed by atoms with Crippen LogP contribution in [0.25, 0.3) is 12.2 Å². The van der Waals surface area contributed by atoms with Gasteiger partial charge in [0.05, 0.1) is 5.69 Å². The fourth-order valence-corrected chi connectivity index (χ4v) is 4.12. The van der Waals surface area contributed by atoms with Crippen LogP contribution in [0.4, 0.5) is 5.69 Å². The van der Waals surface area contributed by atoms with Gasteiger partial charge in [0.2, 0.25) is 5.91 Å². The van der Waals surface area contributed by atoms with Gasteiger partial charge in [-0.3, -0.25) is 14.5 Å². The molecule has 0 saturated carbocycles. The molecule has 0 radical (unpaired) electrons. The van der Waals surface area contributed by atoms with Crippen molar-refractivity contribution in [2.45, 2.75) is 80.6 Å². The monoisotopic (exact) mass is 510 g/mol. The van der Waals surface area contributed by atoms with Crippen molar-refractivity contribution >= 4 is 23.7 Å². The van der Waals surface area contributed by atoms with Gasteiger partial charge in [0, 0.05) is 74.7 Å². The summed E-state index contributed by atoms with van der Waals surface area (Å²) < 4.78 is 1.78. The smallest absolute Gasteiger partial charge is 0.224 e. The molecule has 3 rings (SSSR count). The van der Waals surface area contributed by atoms with Crippen LogP contribution in [0.2, 0.25) is 0 Å². The van der Waals surface area contributed by atoms with Gasteiger partial charge >= 0.3 is 0 Å². The van der Waals surface area contributed by atoms with Crippen molar-refractivity contribution in [3.8, 4) is 0 Å². The number of carbonyl (C=O) groups excluding carboxylic acids is 1. The molecule has 0 aromatic carbocycles. The van der Waals surface area contributed by atoms with Crippen molar-refractivity contribution in [3.05, 3.63) is 52.7 Å². The minimum absolute atomic E-state index is 0.0609. The average Bonchev–Trinajstić information content (AvgIpc) is 3.24. The summed E-state index contributed by atoms with van der Waals surface area (Å²) in [5, 5.41) is 10.7. The number of rotatable bonds is 9. The lowest BCUT2D eigenvalue weighted by atomic mass is 10.1. The maximum Gasteiger partial charge on any atom is 0.224 e. The highest BCUT2D eigenvalue weighted by Gasteiger charge is 2.15. The lowest BCUT2D eigenvalue weighted by Gasteiger charge is -2.31. The molecule has 3 heterocycles. The molecular weight excluding hydrogens is 460 g/mol. The number of amides is 1. The number of nitrogens with zero attached hydrogens (tertiary/aromatic N) is 4. The highest BCUT2D eigenvalue weighted by molar-refractivity contribution is 5.79. The second-order valence-electron chi connectivity index (χ2n) is 8.96. The predicted octanol–water partition coefficient (Wildman–Crippen LogP) is 5.90. The number of carbonyl (C=O) groups is 1. The highest BCUT2D eigenvalue weighted by Crippen LogP contribution is 2.24. The first-order valence-corrected chi connectivity index (χ1v) is 14.0. The molecule has 0 atom stereocenters. The molecule has 1 fully saturated rings. The van der Waals surface area contributed by atoms with E-state index in [0.29, 0.717) is 6.42 Å². The van der Waals surface area contributed by atoms with E-state index < -0.39 is 0 Å². The van der Waals surface area contributed by atoms with E-state index in [9.17, 15) is 4.79 Å². The number of aryl methyl sites for hydroxylation is 2. The van der Waals surface area contributed by atoms with Crippen molar-refractivity contribution in [1.29, 1.82) is 0 Å². The van der Waals surface area contributed by atoms with Crippen LogP contribution in [0.1, 0.15) is 89.7 Å². The van der Waals surface area contributed by atoms with Crippen molar-refractivity contribution in [3.63, 3.8) is 0 Å². The zero-order valence-corrected chi connectivity index (χ0v) is 24.5.